The zero-order valence-electron chi connectivity index (χ0n) is 11.1. The third kappa shape index (κ3) is 2.11. The first-order chi connectivity index (χ1) is 10.6. The molecule has 0 spiro atoms. The molecule has 2 aromatic heterocycles. The smallest absolute Gasteiger partial charge is 0.267 e. The number of fused-ring (bicyclic) bond motifs is 3. The average Bonchev–Trinajstić information content (AvgIpc) is 2.99. The van der Waals surface area contributed by atoms with E-state index in [0.717, 1.165) is 16.6 Å². The predicted molar refractivity (Wildman–Crippen MR) is 92.1 cm³/mol. The Morgan fingerprint density at radius 1 is 1.14 bits per heavy atom. The van der Waals surface area contributed by atoms with Crippen molar-refractivity contribution in [2.45, 2.75) is 0 Å². The molecule has 108 valence electrons. The molecule has 0 aliphatic carbocycles. The first-order valence-electron chi connectivity index (χ1n) is 6.50. The highest BCUT2D eigenvalue weighted by molar-refractivity contribution is 7.15. The van der Waals surface area contributed by atoms with Crippen molar-refractivity contribution in [3.8, 4) is 0 Å². The van der Waals surface area contributed by atoms with Crippen LogP contribution in [0.4, 0.5) is 0 Å². The zero-order chi connectivity index (χ0) is 15.3. The molecule has 0 aliphatic rings. The second-order valence-electron chi connectivity index (χ2n) is 4.80. The van der Waals surface area contributed by atoms with Crippen LogP contribution in [-0.2, 0) is 0 Å². The van der Waals surface area contributed by atoms with Crippen molar-refractivity contribution in [1.82, 2.24) is 9.38 Å². The lowest BCUT2D eigenvalue weighted by molar-refractivity contribution is 1.19. The van der Waals surface area contributed by atoms with Crippen LogP contribution in [0, 0.1) is 0 Å². The lowest BCUT2D eigenvalue weighted by Crippen LogP contribution is -2.22. The molecule has 4 aromatic rings. The van der Waals surface area contributed by atoms with Gasteiger partial charge in [-0.05, 0) is 35.9 Å². The number of rotatable bonds is 1. The van der Waals surface area contributed by atoms with Gasteiger partial charge < -0.3 is 0 Å². The molecule has 3 nitrogen and oxygen atoms in total. The van der Waals surface area contributed by atoms with Gasteiger partial charge in [0.2, 0.25) is 0 Å². The second-order valence-corrected chi connectivity index (χ2v) is 6.65. The predicted octanol–water partition coefficient (Wildman–Crippen LogP) is 3.76. The summed E-state index contributed by atoms with van der Waals surface area (Å²) in [7, 11) is 0. The number of thiazole rings is 1. The molecule has 0 atom stereocenters. The molecule has 0 radical (unpaired) electrons. The Morgan fingerprint density at radius 3 is 2.77 bits per heavy atom. The summed E-state index contributed by atoms with van der Waals surface area (Å²) in [6.07, 6.45) is 1.77. The summed E-state index contributed by atoms with van der Waals surface area (Å²) in [6, 6.07) is 12.8. The highest BCUT2D eigenvalue weighted by atomic mass is 35.5. The van der Waals surface area contributed by atoms with Gasteiger partial charge in [0.1, 0.15) is 0 Å². The molecule has 0 amide bonds. The zero-order valence-corrected chi connectivity index (χ0v) is 13.4. The van der Waals surface area contributed by atoms with Crippen LogP contribution < -0.4 is 10.1 Å². The molecule has 0 bridgehead atoms. The maximum absolute atomic E-state index is 12.6. The summed E-state index contributed by atoms with van der Waals surface area (Å²) in [4.78, 5) is 17.8. The van der Waals surface area contributed by atoms with E-state index in [1.54, 1.807) is 28.7 Å². The number of para-hydroxylation sites is 2. The topological polar surface area (TPSA) is 34.4 Å². The fourth-order valence-corrected chi connectivity index (χ4v) is 3.81. The standard InChI is InChI=1S/C16H8Cl2N2OS/c17-10-6-5-9(11(18)8-10)7-14-15(21)20-13-4-2-1-3-12(13)19-16(20)22-14/h1-8H/b14-7+. The van der Waals surface area contributed by atoms with Gasteiger partial charge in [-0.25, -0.2) is 9.38 Å². The minimum Gasteiger partial charge on any atom is -0.267 e. The van der Waals surface area contributed by atoms with E-state index in [2.05, 4.69) is 4.98 Å². The molecule has 0 saturated heterocycles. The third-order valence-electron chi connectivity index (χ3n) is 3.39. The minimum atomic E-state index is -0.0836. The van der Waals surface area contributed by atoms with Gasteiger partial charge >= 0.3 is 0 Å². The van der Waals surface area contributed by atoms with E-state index in [4.69, 9.17) is 23.2 Å². The Balaban J connectivity index is 2.01. The van der Waals surface area contributed by atoms with Crippen LogP contribution in [-0.4, -0.2) is 9.38 Å². The number of imidazole rings is 1. The summed E-state index contributed by atoms with van der Waals surface area (Å²) >= 11 is 13.4. The molecule has 0 aliphatic heterocycles. The third-order valence-corrected chi connectivity index (χ3v) is 4.93. The van der Waals surface area contributed by atoms with E-state index >= 15 is 0 Å². The number of hydrogen-bond donors (Lipinski definition) is 0. The van der Waals surface area contributed by atoms with E-state index < -0.39 is 0 Å². The SMILES string of the molecule is O=c1/c(=C\c2ccc(Cl)cc2Cl)sc2nc3ccccc3n12. The molecule has 0 N–H and O–H groups in total. The maximum atomic E-state index is 12.6. The quantitative estimate of drug-likeness (QED) is 0.525. The first-order valence-corrected chi connectivity index (χ1v) is 8.07. The van der Waals surface area contributed by atoms with Crippen LogP contribution in [0.2, 0.25) is 10.0 Å². The Morgan fingerprint density at radius 2 is 1.95 bits per heavy atom. The van der Waals surface area contributed by atoms with Gasteiger partial charge in [0.15, 0.2) is 4.96 Å². The van der Waals surface area contributed by atoms with Gasteiger partial charge in [-0.1, -0.05) is 52.7 Å². The number of aromatic nitrogens is 2. The van der Waals surface area contributed by atoms with Crippen molar-refractivity contribution in [3.05, 3.63) is 73.0 Å². The van der Waals surface area contributed by atoms with Crippen LogP contribution in [0.5, 0.6) is 0 Å². The largest absolute Gasteiger partial charge is 0.274 e. The number of hydrogen-bond acceptors (Lipinski definition) is 3. The Hall–Kier alpha value is -1.88. The monoisotopic (exact) mass is 346 g/mol. The molecule has 0 unspecified atom stereocenters. The molecule has 6 heteroatoms. The molecule has 4 rings (SSSR count). The highest BCUT2D eigenvalue weighted by Gasteiger charge is 2.10. The highest BCUT2D eigenvalue weighted by Crippen LogP contribution is 2.22. The summed E-state index contributed by atoms with van der Waals surface area (Å²) < 4.78 is 2.23. The van der Waals surface area contributed by atoms with Gasteiger partial charge in [-0.3, -0.25) is 4.79 Å². The summed E-state index contributed by atoms with van der Waals surface area (Å²) in [5.41, 5.74) is 2.32. The van der Waals surface area contributed by atoms with E-state index in [1.807, 2.05) is 24.3 Å². The number of halogens is 2. The Kier molecular flexibility index (Phi) is 3.18. The Bertz CT molecular complexity index is 1130. The van der Waals surface area contributed by atoms with Crippen LogP contribution in [0.1, 0.15) is 5.56 Å². The Labute approximate surface area is 139 Å². The van der Waals surface area contributed by atoms with Crippen molar-refractivity contribution in [2.75, 3.05) is 0 Å². The molecule has 2 aromatic carbocycles. The van der Waals surface area contributed by atoms with Crippen molar-refractivity contribution >= 4 is 56.6 Å². The number of nitrogens with zero attached hydrogens (tertiary/aromatic N) is 2. The lowest BCUT2D eigenvalue weighted by atomic mass is 10.2. The van der Waals surface area contributed by atoms with E-state index in [0.29, 0.717) is 19.5 Å². The van der Waals surface area contributed by atoms with Crippen LogP contribution >= 0.6 is 34.5 Å². The molecule has 22 heavy (non-hydrogen) atoms. The van der Waals surface area contributed by atoms with Crippen LogP contribution in [0.25, 0.3) is 22.1 Å². The minimum absolute atomic E-state index is 0.0836. The molecular formula is C16H8Cl2N2OS. The fourth-order valence-electron chi connectivity index (χ4n) is 2.37. The van der Waals surface area contributed by atoms with Gasteiger partial charge in [-0.15, -0.1) is 0 Å². The molecule has 0 saturated carbocycles. The summed E-state index contributed by atoms with van der Waals surface area (Å²) in [6.45, 7) is 0. The van der Waals surface area contributed by atoms with E-state index in [-0.39, 0.29) is 5.56 Å². The van der Waals surface area contributed by atoms with Gasteiger partial charge in [0.05, 0.1) is 15.6 Å². The average molecular weight is 347 g/mol. The lowest BCUT2D eigenvalue weighted by Gasteiger charge is -1.97. The van der Waals surface area contributed by atoms with Crippen molar-refractivity contribution < 1.29 is 0 Å². The van der Waals surface area contributed by atoms with E-state index in [9.17, 15) is 4.79 Å². The molecule has 0 fully saturated rings. The maximum Gasteiger partial charge on any atom is 0.274 e. The summed E-state index contributed by atoms with van der Waals surface area (Å²) in [5.74, 6) is 0. The van der Waals surface area contributed by atoms with Gasteiger partial charge in [-0.2, -0.15) is 0 Å². The normalized spacial score (nSPS) is 12.5. The molecular weight excluding hydrogens is 339 g/mol. The van der Waals surface area contributed by atoms with Crippen molar-refractivity contribution in [3.63, 3.8) is 0 Å². The molecule has 2 heterocycles. The van der Waals surface area contributed by atoms with Gasteiger partial charge in [0.25, 0.3) is 5.56 Å². The van der Waals surface area contributed by atoms with Crippen molar-refractivity contribution in [2.24, 2.45) is 0 Å². The summed E-state index contributed by atoms with van der Waals surface area (Å²) in [5, 5.41) is 1.08. The fraction of sp³-hybridized carbons (Fsp3) is 0. The number of benzene rings is 2. The first kappa shape index (κ1) is 13.8. The van der Waals surface area contributed by atoms with Gasteiger partial charge in [0, 0.05) is 10.0 Å². The van der Waals surface area contributed by atoms with Crippen molar-refractivity contribution in [1.29, 1.82) is 0 Å². The second kappa shape index (κ2) is 5.09. The van der Waals surface area contributed by atoms with Crippen LogP contribution in [0.3, 0.4) is 0 Å². The van der Waals surface area contributed by atoms with Crippen LogP contribution in [0.15, 0.2) is 47.3 Å². The van der Waals surface area contributed by atoms with E-state index in [1.165, 1.54) is 11.3 Å².